The smallest absolute Gasteiger partial charge is 0.131 e. The molecule has 0 amide bonds. The molecule has 0 bridgehead atoms. The van der Waals surface area contributed by atoms with Gasteiger partial charge in [-0.3, -0.25) is 0 Å². The van der Waals surface area contributed by atoms with E-state index in [0.717, 1.165) is 61.6 Å². The maximum atomic E-state index is 15.0. The molecule has 1 aliphatic rings. The van der Waals surface area contributed by atoms with Gasteiger partial charge in [-0.2, -0.15) is 0 Å². The quantitative estimate of drug-likeness (QED) is 0.415. The summed E-state index contributed by atoms with van der Waals surface area (Å²) >= 11 is 0. The predicted octanol–water partition coefficient (Wildman–Crippen LogP) is 7.90. The lowest BCUT2D eigenvalue weighted by Gasteiger charge is -2.24. The largest absolute Gasteiger partial charge is 0.385 e. The first kappa shape index (κ1) is 21.8. The molecule has 1 nitrogen and oxygen atoms in total. The SMILES string of the molecule is CCCc1ccc(-c2ccc(-c3ccc(C4(O)CCC(CCC)C4)cc3F)cc2)cc1. The van der Waals surface area contributed by atoms with Gasteiger partial charge in [-0.15, -0.1) is 0 Å². The van der Waals surface area contributed by atoms with Crippen LogP contribution in [0.1, 0.15) is 63.5 Å². The second-order valence-corrected chi connectivity index (χ2v) is 9.15. The van der Waals surface area contributed by atoms with Gasteiger partial charge in [-0.1, -0.05) is 93.8 Å². The van der Waals surface area contributed by atoms with Crippen LogP contribution in [0.2, 0.25) is 0 Å². The van der Waals surface area contributed by atoms with Gasteiger partial charge in [0.25, 0.3) is 0 Å². The minimum absolute atomic E-state index is 0.262. The third-order valence-corrected chi connectivity index (χ3v) is 6.82. The van der Waals surface area contributed by atoms with Crippen molar-refractivity contribution in [1.29, 1.82) is 0 Å². The van der Waals surface area contributed by atoms with Gasteiger partial charge in [0, 0.05) is 5.56 Å². The van der Waals surface area contributed by atoms with Gasteiger partial charge in [0.05, 0.1) is 5.60 Å². The Kier molecular flexibility index (Phi) is 6.57. The highest BCUT2D eigenvalue weighted by Crippen LogP contribution is 2.44. The van der Waals surface area contributed by atoms with Crippen molar-refractivity contribution in [3.63, 3.8) is 0 Å². The van der Waals surface area contributed by atoms with Gasteiger partial charge in [-0.05, 0) is 65.5 Å². The van der Waals surface area contributed by atoms with Gasteiger partial charge in [-0.25, -0.2) is 4.39 Å². The van der Waals surface area contributed by atoms with Crippen molar-refractivity contribution in [1.82, 2.24) is 0 Å². The molecule has 1 N–H and O–H groups in total. The van der Waals surface area contributed by atoms with Crippen molar-refractivity contribution in [2.45, 2.75) is 64.4 Å². The second kappa shape index (κ2) is 9.36. The molecule has 0 heterocycles. The molecule has 2 unspecified atom stereocenters. The Morgan fingerprint density at radius 2 is 1.52 bits per heavy atom. The van der Waals surface area contributed by atoms with Crippen LogP contribution in [0, 0.1) is 11.7 Å². The highest BCUT2D eigenvalue weighted by atomic mass is 19.1. The first-order valence-corrected chi connectivity index (χ1v) is 11.7. The van der Waals surface area contributed by atoms with E-state index in [1.807, 2.05) is 24.3 Å². The molecule has 0 aromatic heterocycles. The van der Waals surface area contributed by atoms with E-state index in [2.05, 4.69) is 50.2 Å². The van der Waals surface area contributed by atoms with Crippen molar-refractivity contribution in [2.24, 2.45) is 5.92 Å². The highest BCUT2D eigenvalue weighted by molar-refractivity contribution is 5.71. The Morgan fingerprint density at radius 1 is 0.871 bits per heavy atom. The van der Waals surface area contributed by atoms with Crippen LogP contribution in [0.15, 0.2) is 66.7 Å². The summed E-state index contributed by atoms with van der Waals surface area (Å²) in [5.41, 5.74) is 4.94. The Morgan fingerprint density at radius 3 is 2.13 bits per heavy atom. The Hall–Kier alpha value is -2.45. The second-order valence-electron chi connectivity index (χ2n) is 9.15. The van der Waals surface area contributed by atoms with Gasteiger partial charge in [0.1, 0.15) is 5.82 Å². The summed E-state index contributed by atoms with van der Waals surface area (Å²) in [6.45, 7) is 4.37. The molecule has 0 spiro atoms. The Bertz CT molecular complexity index is 1010. The zero-order valence-electron chi connectivity index (χ0n) is 18.7. The number of hydrogen-bond donors (Lipinski definition) is 1. The summed E-state index contributed by atoms with van der Waals surface area (Å²) < 4.78 is 15.0. The van der Waals surface area contributed by atoms with E-state index >= 15 is 4.39 Å². The maximum absolute atomic E-state index is 15.0. The molecular weight excluding hydrogens is 383 g/mol. The lowest BCUT2D eigenvalue weighted by atomic mass is 9.88. The zero-order chi connectivity index (χ0) is 21.8. The first-order chi connectivity index (χ1) is 15.0. The van der Waals surface area contributed by atoms with Crippen molar-refractivity contribution >= 4 is 0 Å². The van der Waals surface area contributed by atoms with Crippen LogP contribution in [0.25, 0.3) is 22.3 Å². The molecule has 4 rings (SSSR count). The van der Waals surface area contributed by atoms with Crippen LogP contribution in [-0.2, 0) is 12.0 Å². The molecule has 0 aliphatic heterocycles. The molecule has 1 saturated carbocycles. The van der Waals surface area contributed by atoms with Crippen LogP contribution < -0.4 is 0 Å². The van der Waals surface area contributed by atoms with E-state index < -0.39 is 5.60 Å². The fourth-order valence-electron chi connectivity index (χ4n) is 5.07. The van der Waals surface area contributed by atoms with Gasteiger partial charge >= 0.3 is 0 Å². The molecule has 1 fully saturated rings. The number of benzene rings is 3. The molecule has 2 atom stereocenters. The van der Waals surface area contributed by atoms with E-state index in [4.69, 9.17) is 0 Å². The van der Waals surface area contributed by atoms with E-state index in [1.165, 1.54) is 11.1 Å². The summed E-state index contributed by atoms with van der Waals surface area (Å²) in [4.78, 5) is 0. The standard InChI is InChI=1S/C29H33FO/c1-3-5-21-7-9-23(10-8-21)24-11-13-25(14-12-24)27-16-15-26(19-28(27)30)29(31)18-17-22(20-29)6-4-2/h7-16,19,22,31H,3-6,17-18,20H2,1-2H3. The monoisotopic (exact) mass is 416 g/mol. The van der Waals surface area contributed by atoms with E-state index in [-0.39, 0.29) is 5.82 Å². The number of aryl methyl sites for hydroxylation is 1. The summed E-state index contributed by atoms with van der Waals surface area (Å²) in [5, 5.41) is 11.1. The number of hydrogen-bond acceptors (Lipinski definition) is 1. The van der Waals surface area contributed by atoms with Gasteiger partial charge < -0.3 is 5.11 Å². The van der Waals surface area contributed by atoms with E-state index in [9.17, 15) is 5.11 Å². The number of halogens is 1. The molecule has 1 aliphatic carbocycles. The molecule has 3 aromatic carbocycles. The summed E-state index contributed by atoms with van der Waals surface area (Å²) in [6.07, 6.45) is 7.00. The minimum Gasteiger partial charge on any atom is -0.385 e. The van der Waals surface area contributed by atoms with Crippen molar-refractivity contribution < 1.29 is 9.50 Å². The normalized spacial score (nSPS) is 20.8. The van der Waals surface area contributed by atoms with Gasteiger partial charge in [0.15, 0.2) is 0 Å². The molecular formula is C29H33FO. The van der Waals surface area contributed by atoms with Crippen LogP contribution in [0.4, 0.5) is 4.39 Å². The number of rotatable bonds is 7. The lowest BCUT2D eigenvalue weighted by molar-refractivity contribution is 0.0393. The van der Waals surface area contributed by atoms with Crippen molar-refractivity contribution in [3.8, 4) is 22.3 Å². The molecule has 3 aromatic rings. The fourth-order valence-corrected chi connectivity index (χ4v) is 5.07. The first-order valence-electron chi connectivity index (χ1n) is 11.7. The van der Waals surface area contributed by atoms with Crippen molar-refractivity contribution in [3.05, 3.63) is 83.7 Å². The molecule has 31 heavy (non-hydrogen) atoms. The van der Waals surface area contributed by atoms with Gasteiger partial charge in [0.2, 0.25) is 0 Å². The van der Waals surface area contributed by atoms with Crippen LogP contribution in [0.5, 0.6) is 0 Å². The fraction of sp³-hybridized carbons (Fsp3) is 0.379. The van der Waals surface area contributed by atoms with Crippen LogP contribution in [-0.4, -0.2) is 5.11 Å². The summed E-state index contributed by atoms with van der Waals surface area (Å²) in [5.74, 6) is 0.280. The Labute approximate surface area is 186 Å². The maximum Gasteiger partial charge on any atom is 0.131 e. The summed E-state index contributed by atoms with van der Waals surface area (Å²) in [7, 11) is 0. The molecule has 162 valence electrons. The van der Waals surface area contributed by atoms with Crippen molar-refractivity contribution in [2.75, 3.05) is 0 Å². The third kappa shape index (κ3) is 4.75. The molecule has 0 saturated heterocycles. The average molecular weight is 417 g/mol. The Balaban J connectivity index is 1.52. The zero-order valence-corrected chi connectivity index (χ0v) is 18.7. The molecule has 2 heteroatoms. The average Bonchev–Trinajstić information content (AvgIpc) is 3.17. The minimum atomic E-state index is -0.882. The highest BCUT2D eigenvalue weighted by Gasteiger charge is 2.38. The lowest BCUT2D eigenvalue weighted by Crippen LogP contribution is -2.22. The van der Waals surface area contributed by atoms with E-state index in [1.54, 1.807) is 6.07 Å². The van der Waals surface area contributed by atoms with E-state index in [0.29, 0.717) is 11.5 Å². The van der Waals surface area contributed by atoms with Crippen LogP contribution in [0.3, 0.4) is 0 Å². The third-order valence-electron chi connectivity index (χ3n) is 6.82. The summed E-state index contributed by atoms with van der Waals surface area (Å²) in [6, 6.07) is 22.0. The molecule has 0 radical (unpaired) electrons. The topological polar surface area (TPSA) is 20.2 Å². The van der Waals surface area contributed by atoms with Crippen LogP contribution >= 0.6 is 0 Å². The number of aliphatic hydroxyl groups is 1. The predicted molar refractivity (Wildman–Crippen MR) is 127 cm³/mol.